The molecule has 42 heavy (non-hydrogen) atoms. The van der Waals surface area contributed by atoms with E-state index in [9.17, 15) is 49.1 Å². The summed E-state index contributed by atoms with van der Waals surface area (Å²) < 4.78 is 124. The molecule has 4 rings (SSSR count). The van der Waals surface area contributed by atoms with E-state index in [4.69, 9.17) is 16.4 Å². The van der Waals surface area contributed by atoms with E-state index in [2.05, 4.69) is 11.7 Å². The minimum Gasteiger partial charge on any atom is -0.374 e. The molecule has 2 heterocycles. The van der Waals surface area contributed by atoms with Crippen LogP contribution in [0, 0.1) is 6.92 Å². The summed E-state index contributed by atoms with van der Waals surface area (Å²) >= 11 is 5.93. The van der Waals surface area contributed by atoms with Gasteiger partial charge >= 0.3 is 18.5 Å². The van der Waals surface area contributed by atoms with Gasteiger partial charge in [-0.25, -0.2) is 0 Å². The van der Waals surface area contributed by atoms with Crippen molar-refractivity contribution in [3.8, 4) is 0 Å². The van der Waals surface area contributed by atoms with Gasteiger partial charge in [-0.1, -0.05) is 35.5 Å². The molecule has 226 valence electrons. The maximum Gasteiger partial charge on any atom is 0.435 e. The molecule has 1 fully saturated rings. The van der Waals surface area contributed by atoms with Crippen LogP contribution in [0.1, 0.15) is 39.0 Å². The Labute approximate surface area is 236 Å². The number of halogens is 10. The fourth-order valence-electron chi connectivity index (χ4n) is 4.65. The van der Waals surface area contributed by atoms with E-state index < -0.39 is 95.7 Å². The zero-order valence-corrected chi connectivity index (χ0v) is 22.1. The average Bonchev–Trinajstić information content (AvgIpc) is 3.31. The number of carbonyl (C=O) groups is 2. The molecule has 2 aromatic carbocycles. The van der Waals surface area contributed by atoms with Gasteiger partial charge in [0, 0.05) is 28.3 Å². The Morgan fingerprint density at radius 2 is 1.71 bits per heavy atom. The molecule has 0 N–H and O–H groups in total. The maximum absolute atomic E-state index is 14.3. The van der Waals surface area contributed by atoms with Crippen LogP contribution in [0.3, 0.4) is 0 Å². The number of amides is 2. The Morgan fingerprint density at radius 1 is 1.05 bits per heavy atom. The van der Waals surface area contributed by atoms with Crippen LogP contribution in [0.15, 0.2) is 53.8 Å². The lowest BCUT2D eigenvalue weighted by Crippen LogP contribution is -2.52. The summed E-state index contributed by atoms with van der Waals surface area (Å²) in [5.41, 5.74) is -7.05. The summed E-state index contributed by atoms with van der Waals surface area (Å²) in [6.45, 7) is 1.49. The van der Waals surface area contributed by atoms with Crippen molar-refractivity contribution >= 4 is 29.1 Å². The molecule has 0 aromatic heterocycles. The number of carbonyl (C=O) groups excluding carboxylic acids is 2. The highest BCUT2D eigenvalue weighted by Crippen LogP contribution is 2.49. The molecule has 0 spiro atoms. The van der Waals surface area contributed by atoms with Crippen LogP contribution in [0.2, 0.25) is 5.02 Å². The van der Waals surface area contributed by atoms with E-state index in [1.165, 1.54) is 13.0 Å². The minimum absolute atomic E-state index is 0.0340. The topological polar surface area (TPSA) is 62.2 Å². The molecule has 2 aliphatic rings. The van der Waals surface area contributed by atoms with Gasteiger partial charge in [-0.2, -0.15) is 39.5 Å². The first-order chi connectivity index (χ1) is 19.2. The molecule has 1 unspecified atom stereocenters. The van der Waals surface area contributed by atoms with Gasteiger partial charge in [0.25, 0.3) is 11.5 Å². The van der Waals surface area contributed by atoms with Gasteiger partial charge in [-0.3, -0.25) is 9.59 Å². The zero-order valence-electron chi connectivity index (χ0n) is 21.3. The molecule has 1 atom stereocenters. The number of alkyl halides is 9. The number of hydrogen-bond acceptors (Lipinski definition) is 4. The standard InChI is InChI=1S/C26H19ClF9N3O3/c1-13-5-16(8-17(27)6-13)23(26(34,35)36)9-20(37-42-23)15-3-4-18(19(7-15)25(31,32)33)22(41)38-10-14(2)39(21(40)11-38)12-24(28,29)30/h3-8H,2,9-12H2,1H3. The van der Waals surface area contributed by atoms with E-state index in [1.807, 2.05) is 0 Å². The SMILES string of the molecule is C=C1CN(C(=O)c2ccc(C3=NOC(c4cc(C)cc(Cl)c4)(C(F)(F)F)C3)cc2C(F)(F)F)CC(=O)N1CC(F)(F)F. The van der Waals surface area contributed by atoms with Crippen LogP contribution in [-0.4, -0.2) is 59.3 Å². The number of benzene rings is 2. The summed E-state index contributed by atoms with van der Waals surface area (Å²) in [5, 5.41) is 3.41. The molecule has 16 heteroatoms. The second-order valence-corrected chi connectivity index (χ2v) is 10.2. The fraction of sp³-hybridized carbons (Fsp3) is 0.346. The smallest absolute Gasteiger partial charge is 0.374 e. The summed E-state index contributed by atoms with van der Waals surface area (Å²) in [4.78, 5) is 31.0. The highest BCUT2D eigenvalue weighted by atomic mass is 35.5. The van der Waals surface area contributed by atoms with Crippen LogP contribution < -0.4 is 0 Å². The average molecular weight is 628 g/mol. The van der Waals surface area contributed by atoms with Crippen LogP contribution in [0.25, 0.3) is 0 Å². The van der Waals surface area contributed by atoms with Gasteiger partial charge in [0.15, 0.2) is 0 Å². The third-order valence-electron chi connectivity index (χ3n) is 6.59. The highest BCUT2D eigenvalue weighted by molar-refractivity contribution is 6.30. The minimum atomic E-state index is -5.20. The molecule has 0 aliphatic carbocycles. The Kier molecular flexibility index (Phi) is 7.80. The molecule has 2 aliphatic heterocycles. The molecular weight excluding hydrogens is 609 g/mol. The van der Waals surface area contributed by atoms with E-state index in [0.717, 1.165) is 18.2 Å². The number of oxime groups is 1. The van der Waals surface area contributed by atoms with Crippen molar-refractivity contribution in [1.29, 1.82) is 0 Å². The summed E-state index contributed by atoms with van der Waals surface area (Å²) in [7, 11) is 0. The first-order valence-corrected chi connectivity index (χ1v) is 12.2. The lowest BCUT2D eigenvalue weighted by Gasteiger charge is -2.36. The van der Waals surface area contributed by atoms with Crippen molar-refractivity contribution in [1.82, 2.24) is 9.80 Å². The van der Waals surface area contributed by atoms with Crippen molar-refractivity contribution in [2.75, 3.05) is 19.6 Å². The zero-order chi connectivity index (χ0) is 31.4. The molecule has 0 radical (unpaired) electrons. The second-order valence-electron chi connectivity index (χ2n) is 9.73. The van der Waals surface area contributed by atoms with Gasteiger partial charge in [0.2, 0.25) is 5.91 Å². The quantitative estimate of drug-likeness (QED) is 0.359. The van der Waals surface area contributed by atoms with Crippen molar-refractivity contribution in [3.05, 3.63) is 81.5 Å². The van der Waals surface area contributed by atoms with Crippen LogP contribution in [0.5, 0.6) is 0 Å². The molecular formula is C26H19ClF9N3O3. The Hall–Kier alpha value is -3.75. The maximum atomic E-state index is 14.3. The number of aryl methyl sites for hydroxylation is 1. The van der Waals surface area contributed by atoms with Gasteiger partial charge in [-0.15, -0.1) is 0 Å². The lowest BCUT2D eigenvalue weighted by atomic mass is 9.85. The van der Waals surface area contributed by atoms with Gasteiger partial charge in [0.05, 0.1) is 23.4 Å². The monoisotopic (exact) mass is 627 g/mol. The van der Waals surface area contributed by atoms with E-state index in [-0.39, 0.29) is 9.92 Å². The summed E-state index contributed by atoms with van der Waals surface area (Å²) in [5.74, 6) is -2.56. The van der Waals surface area contributed by atoms with Gasteiger partial charge in [0.1, 0.15) is 13.1 Å². The molecule has 0 bridgehead atoms. The molecule has 0 saturated carbocycles. The van der Waals surface area contributed by atoms with Crippen molar-refractivity contribution in [2.45, 2.75) is 37.5 Å². The third-order valence-corrected chi connectivity index (χ3v) is 6.81. The Morgan fingerprint density at radius 3 is 2.26 bits per heavy atom. The predicted octanol–water partition coefficient (Wildman–Crippen LogP) is 6.61. The van der Waals surface area contributed by atoms with Crippen LogP contribution >= 0.6 is 11.6 Å². The summed E-state index contributed by atoms with van der Waals surface area (Å²) in [6, 6.07) is 5.60. The van der Waals surface area contributed by atoms with Crippen molar-refractivity contribution in [3.63, 3.8) is 0 Å². The normalized spacial score (nSPS) is 20.1. The van der Waals surface area contributed by atoms with E-state index in [0.29, 0.717) is 22.6 Å². The van der Waals surface area contributed by atoms with Crippen molar-refractivity contribution < 1.29 is 53.9 Å². The number of rotatable bonds is 4. The van der Waals surface area contributed by atoms with Gasteiger partial charge in [-0.05, 0) is 36.8 Å². The Bertz CT molecular complexity index is 1450. The summed E-state index contributed by atoms with van der Waals surface area (Å²) in [6.07, 6.45) is -16.1. The second kappa shape index (κ2) is 10.5. The van der Waals surface area contributed by atoms with Crippen LogP contribution in [-0.2, 0) is 21.4 Å². The van der Waals surface area contributed by atoms with Crippen molar-refractivity contribution in [2.24, 2.45) is 5.16 Å². The lowest BCUT2D eigenvalue weighted by molar-refractivity contribution is -0.275. The first-order valence-electron chi connectivity index (χ1n) is 11.9. The first kappa shape index (κ1) is 31.2. The molecule has 1 saturated heterocycles. The number of hydrogen-bond donors (Lipinski definition) is 0. The highest BCUT2D eigenvalue weighted by Gasteiger charge is 2.62. The van der Waals surface area contributed by atoms with E-state index >= 15 is 0 Å². The number of piperazine rings is 1. The van der Waals surface area contributed by atoms with E-state index in [1.54, 1.807) is 0 Å². The molecule has 2 aromatic rings. The predicted molar refractivity (Wildman–Crippen MR) is 130 cm³/mol. The number of nitrogens with zero attached hydrogens (tertiary/aromatic N) is 3. The fourth-order valence-corrected chi connectivity index (χ4v) is 4.94. The van der Waals surface area contributed by atoms with Gasteiger partial charge < -0.3 is 14.6 Å². The Balaban J connectivity index is 1.66. The van der Waals surface area contributed by atoms with Crippen LogP contribution in [0.4, 0.5) is 39.5 Å². The largest absolute Gasteiger partial charge is 0.435 e. The third kappa shape index (κ3) is 6.05. The molecule has 2 amide bonds. The molecule has 6 nitrogen and oxygen atoms in total.